The van der Waals surface area contributed by atoms with E-state index in [1.807, 2.05) is 56.3 Å². The first-order chi connectivity index (χ1) is 10.7. The van der Waals surface area contributed by atoms with Crippen LogP contribution < -0.4 is 16.2 Å². The Balaban J connectivity index is 1.99. The molecule has 0 unspecified atom stereocenters. The van der Waals surface area contributed by atoms with E-state index in [1.54, 1.807) is 0 Å². The lowest BCUT2D eigenvalue weighted by Gasteiger charge is -2.33. The zero-order chi connectivity index (χ0) is 17.1. The molecule has 0 saturated heterocycles. The van der Waals surface area contributed by atoms with Crippen LogP contribution in [0.4, 0.5) is 10.5 Å². The highest BCUT2D eigenvalue weighted by atomic mass is 16.2. The van der Waals surface area contributed by atoms with E-state index in [2.05, 4.69) is 36.9 Å². The van der Waals surface area contributed by atoms with Gasteiger partial charge >= 0.3 is 6.03 Å². The van der Waals surface area contributed by atoms with Crippen molar-refractivity contribution >= 4 is 22.5 Å². The van der Waals surface area contributed by atoms with Gasteiger partial charge < -0.3 is 5.32 Å². The molecule has 2 aromatic carbocycles. The van der Waals surface area contributed by atoms with Gasteiger partial charge in [0.25, 0.3) is 0 Å². The molecule has 2 amide bonds. The van der Waals surface area contributed by atoms with Gasteiger partial charge in [0.1, 0.15) is 0 Å². The molecule has 4 heteroatoms. The SMILES string of the molecule is CC(C)(C)CC(C)(C)NC(=O)NNc1cccc2ccccc12. The zero-order valence-corrected chi connectivity index (χ0v) is 14.7. The predicted octanol–water partition coefficient (Wildman–Crippen LogP) is 4.68. The van der Waals surface area contributed by atoms with Crippen LogP contribution in [-0.2, 0) is 0 Å². The van der Waals surface area contributed by atoms with Gasteiger partial charge in [0.15, 0.2) is 0 Å². The van der Waals surface area contributed by atoms with Gasteiger partial charge in [-0.3, -0.25) is 10.9 Å². The van der Waals surface area contributed by atoms with Crippen molar-refractivity contribution in [3.8, 4) is 0 Å². The fraction of sp³-hybridized carbons (Fsp3) is 0.421. The quantitative estimate of drug-likeness (QED) is 0.718. The fourth-order valence-electron chi connectivity index (χ4n) is 3.17. The summed E-state index contributed by atoms with van der Waals surface area (Å²) in [5.41, 5.74) is 6.50. The van der Waals surface area contributed by atoms with E-state index in [0.29, 0.717) is 0 Å². The Morgan fingerprint density at radius 3 is 2.30 bits per heavy atom. The standard InChI is InChI=1S/C19H27N3O/c1-18(2,3)13-19(4,5)20-17(23)22-21-16-12-8-10-14-9-6-7-11-15(14)16/h6-12,21H,13H2,1-5H3,(H2,20,22,23). The molecular weight excluding hydrogens is 286 g/mol. The molecule has 0 aliphatic carbocycles. The molecule has 2 aromatic rings. The number of fused-ring (bicyclic) bond motifs is 1. The predicted molar refractivity (Wildman–Crippen MR) is 97.4 cm³/mol. The van der Waals surface area contributed by atoms with Crippen LogP contribution in [0.1, 0.15) is 41.0 Å². The number of hydrazine groups is 1. The summed E-state index contributed by atoms with van der Waals surface area (Å²) < 4.78 is 0. The van der Waals surface area contributed by atoms with Crippen LogP contribution in [0.5, 0.6) is 0 Å². The number of nitrogens with one attached hydrogen (secondary N) is 3. The molecule has 0 aliphatic heterocycles. The second-order valence-corrected chi connectivity index (χ2v) is 7.85. The van der Waals surface area contributed by atoms with Gasteiger partial charge in [-0.15, -0.1) is 0 Å². The number of hydrogen-bond acceptors (Lipinski definition) is 2. The lowest BCUT2D eigenvalue weighted by atomic mass is 9.82. The summed E-state index contributed by atoms with van der Waals surface area (Å²) in [6.07, 6.45) is 0.891. The summed E-state index contributed by atoms with van der Waals surface area (Å²) in [5, 5.41) is 5.22. The van der Waals surface area contributed by atoms with E-state index in [4.69, 9.17) is 0 Å². The van der Waals surface area contributed by atoms with Gasteiger partial charge in [0.2, 0.25) is 0 Å². The summed E-state index contributed by atoms with van der Waals surface area (Å²) in [4.78, 5) is 12.2. The number of hydrogen-bond donors (Lipinski definition) is 3. The van der Waals surface area contributed by atoms with Crippen molar-refractivity contribution < 1.29 is 4.79 Å². The minimum atomic E-state index is -0.275. The third kappa shape index (κ3) is 5.16. The van der Waals surface area contributed by atoms with Gasteiger partial charge in [-0.2, -0.15) is 0 Å². The first-order valence-corrected chi connectivity index (χ1v) is 7.98. The maximum Gasteiger partial charge on any atom is 0.333 e. The van der Waals surface area contributed by atoms with E-state index >= 15 is 0 Å². The lowest BCUT2D eigenvalue weighted by Crippen LogP contribution is -2.51. The van der Waals surface area contributed by atoms with Crippen LogP contribution in [0.3, 0.4) is 0 Å². The molecule has 23 heavy (non-hydrogen) atoms. The smallest absolute Gasteiger partial charge is 0.332 e. The molecular formula is C19H27N3O. The molecule has 0 aromatic heterocycles. The molecule has 0 aliphatic rings. The average Bonchev–Trinajstić information content (AvgIpc) is 2.41. The Labute approximate surface area is 138 Å². The number of carbonyl (C=O) groups excluding carboxylic acids is 1. The Morgan fingerprint density at radius 2 is 1.61 bits per heavy atom. The first-order valence-electron chi connectivity index (χ1n) is 7.98. The van der Waals surface area contributed by atoms with Crippen LogP contribution in [0.15, 0.2) is 42.5 Å². The molecule has 0 spiro atoms. The molecule has 0 fully saturated rings. The molecule has 0 saturated carbocycles. The number of urea groups is 1. The van der Waals surface area contributed by atoms with E-state index in [9.17, 15) is 4.79 Å². The highest BCUT2D eigenvalue weighted by molar-refractivity contribution is 5.94. The third-order valence-corrected chi connectivity index (χ3v) is 3.52. The van der Waals surface area contributed by atoms with Crippen LogP contribution in [0.25, 0.3) is 10.8 Å². The van der Waals surface area contributed by atoms with Crippen molar-refractivity contribution in [3.05, 3.63) is 42.5 Å². The minimum Gasteiger partial charge on any atom is -0.332 e. The highest BCUT2D eigenvalue weighted by Crippen LogP contribution is 2.26. The Kier molecular flexibility index (Phi) is 4.83. The van der Waals surface area contributed by atoms with E-state index < -0.39 is 0 Å². The monoisotopic (exact) mass is 313 g/mol. The van der Waals surface area contributed by atoms with Crippen molar-refractivity contribution in [2.75, 3.05) is 5.43 Å². The van der Waals surface area contributed by atoms with Crippen molar-refractivity contribution in [1.29, 1.82) is 0 Å². The van der Waals surface area contributed by atoms with Gasteiger partial charge in [0.05, 0.1) is 5.69 Å². The van der Waals surface area contributed by atoms with Gasteiger partial charge in [0, 0.05) is 10.9 Å². The Hall–Kier alpha value is -2.23. The number of rotatable bonds is 4. The van der Waals surface area contributed by atoms with Crippen LogP contribution in [0, 0.1) is 5.41 Å². The second-order valence-electron chi connectivity index (χ2n) is 7.85. The number of carbonyl (C=O) groups is 1. The zero-order valence-electron chi connectivity index (χ0n) is 14.7. The van der Waals surface area contributed by atoms with Crippen molar-refractivity contribution in [1.82, 2.24) is 10.7 Å². The summed E-state index contributed by atoms with van der Waals surface area (Å²) in [6, 6.07) is 13.8. The number of anilines is 1. The fourth-order valence-corrected chi connectivity index (χ4v) is 3.17. The topological polar surface area (TPSA) is 53.2 Å². The summed E-state index contributed by atoms with van der Waals surface area (Å²) >= 11 is 0. The van der Waals surface area contributed by atoms with Crippen molar-refractivity contribution in [2.24, 2.45) is 5.41 Å². The van der Waals surface area contributed by atoms with Gasteiger partial charge in [-0.1, -0.05) is 57.2 Å². The summed E-state index contributed by atoms with van der Waals surface area (Å²) in [7, 11) is 0. The van der Waals surface area contributed by atoms with Crippen LogP contribution in [0.2, 0.25) is 0 Å². The molecule has 0 heterocycles. The van der Waals surface area contributed by atoms with E-state index in [-0.39, 0.29) is 17.0 Å². The molecule has 2 rings (SSSR count). The highest BCUT2D eigenvalue weighted by Gasteiger charge is 2.26. The van der Waals surface area contributed by atoms with Crippen molar-refractivity contribution in [3.63, 3.8) is 0 Å². The molecule has 0 radical (unpaired) electrons. The summed E-state index contributed by atoms with van der Waals surface area (Å²) in [6.45, 7) is 10.6. The van der Waals surface area contributed by atoms with Crippen LogP contribution in [-0.4, -0.2) is 11.6 Å². The van der Waals surface area contributed by atoms with Crippen LogP contribution >= 0.6 is 0 Å². The third-order valence-electron chi connectivity index (χ3n) is 3.52. The molecule has 0 bridgehead atoms. The molecule has 4 nitrogen and oxygen atoms in total. The molecule has 0 atom stereocenters. The van der Waals surface area contributed by atoms with Crippen molar-refractivity contribution in [2.45, 2.75) is 46.6 Å². The maximum absolute atomic E-state index is 12.2. The van der Waals surface area contributed by atoms with E-state index in [0.717, 1.165) is 22.9 Å². The number of amides is 2. The average molecular weight is 313 g/mol. The largest absolute Gasteiger partial charge is 0.333 e. The summed E-state index contributed by atoms with van der Waals surface area (Å²) in [5.74, 6) is 0. The van der Waals surface area contributed by atoms with Gasteiger partial charge in [-0.25, -0.2) is 4.79 Å². The molecule has 3 N–H and O–H groups in total. The Morgan fingerprint density at radius 1 is 0.957 bits per heavy atom. The normalized spacial score (nSPS) is 12.0. The molecule has 124 valence electrons. The minimum absolute atomic E-state index is 0.153. The number of benzene rings is 2. The second kappa shape index (κ2) is 6.49. The Bertz CT molecular complexity index is 681. The van der Waals surface area contributed by atoms with Gasteiger partial charge in [-0.05, 0) is 37.1 Å². The van der Waals surface area contributed by atoms with E-state index in [1.165, 1.54) is 0 Å². The lowest BCUT2D eigenvalue weighted by molar-refractivity contribution is 0.212. The first kappa shape index (κ1) is 17.1. The maximum atomic E-state index is 12.2.